The van der Waals surface area contributed by atoms with Gasteiger partial charge in [0.15, 0.2) is 10.2 Å². The van der Waals surface area contributed by atoms with Crippen molar-refractivity contribution in [2.75, 3.05) is 33.7 Å². The van der Waals surface area contributed by atoms with Gasteiger partial charge in [-0.3, -0.25) is 0 Å². The first-order valence-electron chi connectivity index (χ1n) is 5.05. The van der Waals surface area contributed by atoms with Gasteiger partial charge in [-0.05, 0) is 31.4 Å². The lowest BCUT2D eigenvalue weighted by Crippen LogP contribution is -2.58. The summed E-state index contributed by atoms with van der Waals surface area (Å²) in [5.74, 6) is 0. The maximum atomic E-state index is 5.23. The van der Waals surface area contributed by atoms with E-state index in [1.54, 1.807) is 0 Å². The molecular formula is C9H18N4S2. The normalized spacial score (nSPS) is 21.1. The molecule has 0 radical (unpaired) electrons. The molecule has 1 aliphatic heterocycles. The van der Waals surface area contributed by atoms with Gasteiger partial charge in [0.25, 0.3) is 0 Å². The minimum atomic E-state index is 0.394. The molecule has 86 valence electrons. The summed E-state index contributed by atoms with van der Waals surface area (Å²) in [5, 5.41) is 7.65. The third-order valence-electron chi connectivity index (χ3n) is 2.60. The Morgan fingerprint density at radius 1 is 1.13 bits per heavy atom. The highest BCUT2D eigenvalue weighted by molar-refractivity contribution is 7.80. The molecule has 4 nitrogen and oxygen atoms in total. The number of thiocarbonyl (C=S) groups is 2. The summed E-state index contributed by atoms with van der Waals surface area (Å²) in [6, 6.07) is 0.394. The average Bonchev–Trinajstić information content (AvgIpc) is 2.26. The molecule has 1 rings (SSSR count). The Labute approximate surface area is 102 Å². The highest BCUT2D eigenvalue weighted by Gasteiger charge is 2.25. The van der Waals surface area contributed by atoms with E-state index in [2.05, 4.69) is 27.4 Å². The van der Waals surface area contributed by atoms with Crippen molar-refractivity contribution in [3.63, 3.8) is 0 Å². The Morgan fingerprint density at radius 2 is 1.73 bits per heavy atom. The third-order valence-corrected chi connectivity index (χ3v) is 3.50. The Morgan fingerprint density at radius 3 is 2.20 bits per heavy atom. The van der Waals surface area contributed by atoms with Crippen molar-refractivity contribution >= 4 is 34.7 Å². The standard InChI is InChI=1S/C9H18N4S2/c1-7-6-12(8(14)10-2)4-5-13(7)9(15)11-3/h7H,4-6H2,1-3H3,(H,10,14)(H,11,15)/t7-/m1/s1. The van der Waals surface area contributed by atoms with E-state index < -0.39 is 0 Å². The van der Waals surface area contributed by atoms with E-state index in [1.165, 1.54) is 0 Å². The largest absolute Gasteiger partial charge is 0.366 e. The Hall–Kier alpha value is -0.620. The van der Waals surface area contributed by atoms with Crippen LogP contribution in [0.25, 0.3) is 0 Å². The zero-order valence-corrected chi connectivity index (χ0v) is 11.0. The Bertz CT molecular complexity index is 256. The molecule has 0 aromatic heterocycles. The number of hydrogen-bond donors (Lipinski definition) is 2. The molecule has 0 aliphatic carbocycles. The van der Waals surface area contributed by atoms with Gasteiger partial charge in [0, 0.05) is 39.8 Å². The third kappa shape index (κ3) is 2.92. The maximum Gasteiger partial charge on any atom is 0.169 e. The van der Waals surface area contributed by atoms with Crippen molar-refractivity contribution in [1.29, 1.82) is 0 Å². The SMILES string of the molecule is CNC(=S)N1CCN(C(=S)NC)[C@H](C)C1. The van der Waals surface area contributed by atoms with Gasteiger partial charge in [0.05, 0.1) is 0 Å². The van der Waals surface area contributed by atoms with Crippen LogP contribution in [0.2, 0.25) is 0 Å². The molecule has 1 aliphatic rings. The van der Waals surface area contributed by atoms with Crippen LogP contribution in [0, 0.1) is 0 Å². The fourth-order valence-electron chi connectivity index (χ4n) is 1.75. The lowest BCUT2D eigenvalue weighted by molar-refractivity contribution is 0.194. The van der Waals surface area contributed by atoms with Crippen LogP contribution < -0.4 is 10.6 Å². The predicted octanol–water partition coefficient (Wildman–Crippen LogP) is 0.00110. The Kier molecular flexibility index (Phi) is 4.53. The molecule has 1 saturated heterocycles. The first-order valence-corrected chi connectivity index (χ1v) is 5.86. The molecule has 0 bridgehead atoms. The molecule has 1 atom stereocenters. The number of nitrogens with zero attached hydrogens (tertiary/aromatic N) is 2. The fraction of sp³-hybridized carbons (Fsp3) is 0.778. The van der Waals surface area contributed by atoms with Gasteiger partial charge in [-0.1, -0.05) is 0 Å². The van der Waals surface area contributed by atoms with Crippen LogP contribution in [0.1, 0.15) is 6.92 Å². The van der Waals surface area contributed by atoms with Gasteiger partial charge in [0.2, 0.25) is 0 Å². The quantitative estimate of drug-likeness (QED) is 0.585. The van der Waals surface area contributed by atoms with Crippen LogP contribution in [0.15, 0.2) is 0 Å². The van der Waals surface area contributed by atoms with Gasteiger partial charge in [-0.15, -0.1) is 0 Å². The van der Waals surface area contributed by atoms with E-state index in [1.807, 2.05) is 14.1 Å². The molecule has 0 saturated carbocycles. The molecule has 0 aromatic rings. The maximum absolute atomic E-state index is 5.23. The van der Waals surface area contributed by atoms with Crippen LogP contribution in [0.4, 0.5) is 0 Å². The van der Waals surface area contributed by atoms with Crippen LogP contribution in [0.3, 0.4) is 0 Å². The van der Waals surface area contributed by atoms with Crippen molar-refractivity contribution in [2.24, 2.45) is 0 Å². The van der Waals surface area contributed by atoms with E-state index in [0.717, 1.165) is 29.9 Å². The number of rotatable bonds is 0. The molecule has 0 spiro atoms. The summed E-state index contributed by atoms with van der Waals surface area (Å²) in [4.78, 5) is 4.37. The lowest BCUT2D eigenvalue weighted by atomic mass is 10.2. The summed E-state index contributed by atoms with van der Waals surface area (Å²) < 4.78 is 0. The van der Waals surface area contributed by atoms with Crippen molar-refractivity contribution < 1.29 is 0 Å². The second-order valence-electron chi connectivity index (χ2n) is 3.60. The zero-order valence-electron chi connectivity index (χ0n) is 9.41. The first kappa shape index (κ1) is 12.4. The van der Waals surface area contributed by atoms with Gasteiger partial charge < -0.3 is 20.4 Å². The van der Waals surface area contributed by atoms with E-state index in [4.69, 9.17) is 24.4 Å². The monoisotopic (exact) mass is 246 g/mol. The van der Waals surface area contributed by atoms with Crippen LogP contribution in [-0.4, -0.2) is 59.8 Å². The van der Waals surface area contributed by atoms with E-state index in [0.29, 0.717) is 6.04 Å². The minimum Gasteiger partial charge on any atom is -0.366 e. The van der Waals surface area contributed by atoms with Crippen molar-refractivity contribution in [2.45, 2.75) is 13.0 Å². The molecule has 15 heavy (non-hydrogen) atoms. The van der Waals surface area contributed by atoms with E-state index >= 15 is 0 Å². The smallest absolute Gasteiger partial charge is 0.169 e. The summed E-state index contributed by atoms with van der Waals surface area (Å²) in [5.41, 5.74) is 0. The summed E-state index contributed by atoms with van der Waals surface area (Å²) in [6.07, 6.45) is 0. The molecule has 1 fully saturated rings. The van der Waals surface area contributed by atoms with Gasteiger partial charge >= 0.3 is 0 Å². The first-order chi connectivity index (χ1) is 7.10. The van der Waals surface area contributed by atoms with Gasteiger partial charge in [-0.2, -0.15) is 0 Å². The number of piperazine rings is 1. The lowest BCUT2D eigenvalue weighted by Gasteiger charge is -2.41. The molecule has 1 heterocycles. The van der Waals surface area contributed by atoms with E-state index in [-0.39, 0.29) is 0 Å². The highest BCUT2D eigenvalue weighted by atomic mass is 32.1. The summed E-state index contributed by atoms with van der Waals surface area (Å²) >= 11 is 10.4. The number of nitrogens with one attached hydrogen (secondary N) is 2. The molecule has 0 aromatic carbocycles. The van der Waals surface area contributed by atoms with Crippen molar-refractivity contribution in [1.82, 2.24) is 20.4 Å². The van der Waals surface area contributed by atoms with Gasteiger partial charge in [-0.25, -0.2) is 0 Å². The second kappa shape index (κ2) is 5.46. The Balaban J connectivity index is 2.55. The predicted molar refractivity (Wildman–Crippen MR) is 71.1 cm³/mol. The van der Waals surface area contributed by atoms with Crippen LogP contribution in [-0.2, 0) is 0 Å². The van der Waals surface area contributed by atoms with Crippen LogP contribution >= 0.6 is 24.4 Å². The van der Waals surface area contributed by atoms with E-state index in [9.17, 15) is 0 Å². The zero-order chi connectivity index (χ0) is 11.4. The average molecular weight is 246 g/mol. The molecule has 0 unspecified atom stereocenters. The summed E-state index contributed by atoms with van der Waals surface area (Å²) in [6.45, 7) is 4.92. The minimum absolute atomic E-state index is 0.394. The van der Waals surface area contributed by atoms with Gasteiger partial charge in [0.1, 0.15) is 0 Å². The van der Waals surface area contributed by atoms with Crippen LogP contribution in [0.5, 0.6) is 0 Å². The van der Waals surface area contributed by atoms with Crippen molar-refractivity contribution in [3.8, 4) is 0 Å². The number of hydrogen-bond acceptors (Lipinski definition) is 2. The highest BCUT2D eigenvalue weighted by Crippen LogP contribution is 2.09. The fourth-order valence-corrected chi connectivity index (χ4v) is 2.18. The molecular weight excluding hydrogens is 228 g/mol. The topological polar surface area (TPSA) is 30.5 Å². The molecule has 0 amide bonds. The molecule has 2 N–H and O–H groups in total. The van der Waals surface area contributed by atoms with Crippen molar-refractivity contribution in [3.05, 3.63) is 0 Å². The summed E-state index contributed by atoms with van der Waals surface area (Å²) in [7, 11) is 3.72. The second-order valence-corrected chi connectivity index (χ2v) is 4.37. The molecule has 6 heteroatoms.